The summed E-state index contributed by atoms with van der Waals surface area (Å²) >= 11 is 12.1. The fourth-order valence-corrected chi connectivity index (χ4v) is 4.77. The first-order chi connectivity index (χ1) is 13.8. The second-order valence-corrected chi connectivity index (χ2v) is 9.77. The molecule has 3 aromatic carbocycles. The van der Waals surface area contributed by atoms with Gasteiger partial charge in [-0.25, -0.2) is 13.1 Å². The minimum Gasteiger partial charge on any atom is -0.214 e. The SMILES string of the molecule is CC(c1ccc(Cl)cc1)C(CNS(=O)(=O)Cc1ccccc1)c1ccc(Cl)cc1. The Balaban J connectivity index is 1.81. The monoisotopic (exact) mass is 447 g/mol. The van der Waals surface area contributed by atoms with Crippen molar-refractivity contribution in [1.82, 2.24) is 4.72 Å². The first kappa shape index (κ1) is 21.8. The average Bonchev–Trinajstić information content (AvgIpc) is 2.70. The summed E-state index contributed by atoms with van der Waals surface area (Å²) in [7, 11) is -3.47. The van der Waals surface area contributed by atoms with E-state index in [2.05, 4.69) is 11.6 Å². The summed E-state index contributed by atoms with van der Waals surface area (Å²) in [5.41, 5.74) is 2.88. The number of benzene rings is 3. The van der Waals surface area contributed by atoms with E-state index in [4.69, 9.17) is 23.2 Å². The fraction of sp³-hybridized carbons (Fsp3) is 0.217. The first-order valence-corrected chi connectivity index (χ1v) is 11.8. The highest BCUT2D eigenvalue weighted by molar-refractivity contribution is 7.88. The molecule has 0 saturated heterocycles. The summed E-state index contributed by atoms with van der Waals surface area (Å²) < 4.78 is 28.1. The third-order valence-electron chi connectivity index (χ3n) is 5.02. The van der Waals surface area contributed by atoms with Crippen molar-refractivity contribution in [2.75, 3.05) is 6.54 Å². The number of hydrogen-bond acceptors (Lipinski definition) is 2. The lowest BCUT2D eigenvalue weighted by molar-refractivity contribution is 0.539. The normalized spacial score (nSPS) is 13.8. The molecule has 152 valence electrons. The van der Waals surface area contributed by atoms with E-state index < -0.39 is 10.0 Å². The number of rotatable bonds is 8. The molecule has 3 rings (SSSR count). The van der Waals surface area contributed by atoms with Gasteiger partial charge in [0.05, 0.1) is 5.75 Å². The summed E-state index contributed by atoms with van der Waals surface area (Å²) in [6, 6.07) is 24.4. The van der Waals surface area contributed by atoms with Crippen LogP contribution in [0.1, 0.15) is 35.4 Å². The summed E-state index contributed by atoms with van der Waals surface area (Å²) in [5.74, 6) is -0.0249. The zero-order chi connectivity index (χ0) is 20.9. The van der Waals surface area contributed by atoms with Gasteiger partial charge in [-0.15, -0.1) is 0 Å². The van der Waals surface area contributed by atoms with Gasteiger partial charge in [0, 0.05) is 22.5 Å². The fourth-order valence-electron chi connectivity index (χ4n) is 3.35. The van der Waals surface area contributed by atoms with Crippen molar-refractivity contribution in [1.29, 1.82) is 0 Å². The molecule has 0 heterocycles. The van der Waals surface area contributed by atoms with Gasteiger partial charge in [-0.3, -0.25) is 0 Å². The van der Waals surface area contributed by atoms with Gasteiger partial charge in [0.15, 0.2) is 0 Å². The second-order valence-electron chi connectivity index (χ2n) is 7.09. The van der Waals surface area contributed by atoms with Gasteiger partial charge in [0.25, 0.3) is 0 Å². The van der Waals surface area contributed by atoms with Crippen molar-refractivity contribution >= 4 is 33.2 Å². The number of nitrogens with one attached hydrogen (secondary N) is 1. The first-order valence-electron chi connectivity index (χ1n) is 9.36. The van der Waals surface area contributed by atoms with Crippen molar-refractivity contribution in [2.45, 2.75) is 24.5 Å². The molecule has 2 atom stereocenters. The molecule has 0 aliphatic carbocycles. The third-order valence-corrected chi connectivity index (χ3v) is 6.84. The van der Waals surface area contributed by atoms with Crippen LogP contribution in [0.15, 0.2) is 78.9 Å². The summed E-state index contributed by atoms with van der Waals surface area (Å²) in [6.07, 6.45) is 0. The van der Waals surface area contributed by atoms with Crippen molar-refractivity contribution in [3.63, 3.8) is 0 Å². The van der Waals surface area contributed by atoms with Gasteiger partial charge in [-0.05, 0) is 46.9 Å². The summed E-state index contributed by atoms with van der Waals surface area (Å²) in [6.45, 7) is 2.38. The summed E-state index contributed by atoms with van der Waals surface area (Å²) in [5, 5.41) is 1.32. The molecule has 0 spiro atoms. The van der Waals surface area contributed by atoms with Crippen LogP contribution in [0.25, 0.3) is 0 Å². The van der Waals surface area contributed by atoms with Crippen LogP contribution < -0.4 is 4.72 Å². The Morgan fingerprint density at radius 1 is 0.793 bits per heavy atom. The Hall–Kier alpha value is -1.85. The molecule has 0 fully saturated rings. The molecule has 0 radical (unpaired) electrons. The molecular formula is C23H23Cl2NO2S. The molecule has 29 heavy (non-hydrogen) atoms. The van der Waals surface area contributed by atoms with Crippen LogP contribution in [0.5, 0.6) is 0 Å². The Labute approximate surface area is 182 Å². The van der Waals surface area contributed by atoms with Crippen LogP contribution in [0.3, 0.4) is 0 Å². The van der Waals surface area contributed by atoms with Crippen molar-refractivity contribution in [3.8, 4) is 0 Å². The highest BCUT2D eigenvalue weighted by Gasteiger charge is 2.23. The lowest BCUT2D eigenvalue weighted by atomic mass is 9.83. The summed E-state index contributed by atoms with van der Waals surface area (Å²) in [4.78, 5) is 0. The van der Waals surface area contributed by atoms with E-state index in [1.165, 1.54) is 0 Å². The molecule has 0 aromatic heterocycles. The number of halogens is 2. The minimum absolute atomic E-state index is 0.0451. The van der Waals surface area contributed by atoms with Gasteiger partial charge in [-0.2, -0.15) is 0 Å². The van der Waals surface area contributed by atoms with E-state index in [-0.39, 0.29) is 17.6 Å². The predicted molar refractivity (Wildman–Crippen MR) is 121 cm³/mol. The maximum absolute atomic E-state index is 12.6. The van der Waals surface area contributed by atoms with E-state index in [1.807, 2.05) is 78.9 Å². The van der Waals surface area contributed by atoms with Gasteiger partial charge >= 0.3 is 0 Å². The number of hydrogen-bond donors (Lipinski definition) is 1. The topological polar surface area (TPSA) is 46.2 Å². The van der Waals surface area contributed by atoms with Gasteiger partial charge in [0.1, 0.15) is 0 Å². The molecule has 6 heteroatoms. The zero-order valence-corrected chi connectivity index (χ0v) is 18.4. The van der Waals surface area contributed by atoms with Crippen molar-refractivity contribution in [2.24, 2.45) is 0 Å². The molecular weight excluding hydrogens is 425 g/mol. The molecule has 0 bridgehead atoms. The smallest absolute Gasteiger partial charge is 0.214 e. The minimum atomic E-state index is -3.47. The number of sulfonamides is 1. The lowest BCUT2D eigenvalue weighted by Gasteiger charge is -2.25. The highest BCUT2D eigenvalue weighted by Crippen LogP contribution is 2.33. The van der Waals surface area contributed by atoms with E-state index in [0.29, 0.717) is 16.6 Å². The van der Waals surface area contributed by atoms with Crippen LogP contribution in [-0.4, -0.2) is 15.0 Å². The van der Waals surface area contributed by atoms with Crippen LogP contribution in [-0.2, 0) is 15.8 Å². The van der Waals surface area contributed by atoms with Gasteiger partial charge < -0.3 is 0 Å². The quantitative estimate of drug-likeness (QED) is 0.460. The maximum atomic E-state index is 12.6. The predicted octanol–water partition coefficient (Wildman–Crippen LogP) is 6.00. The molecule has 0 saturated carbocycles. The van der Waals surface area contributed by atoms with Crippen LogP contribution in [0.4, 0.5) is 0 Å². The van der Waals surface area contributed by atoms with Gasteiger partial charge in [0.2, 0.25) is 10.0 Å². The molecule has 2 unspecified atom stereocenters. The third kappa shape index (κ3) is 6.31. The zero-order valence-electron chi connectivity index (χ0n) is 16.1. The lowest BCUT2D eigenvalue weighted by Crippen LogP contribution is -2.31. The highest BCUT2D eigenvalue weighted by atomic mass is 35.5. The molecule has 0 aliphatic rings. The van der Waals surface area contributed by atoms with E-state index in [9.17, 15) is 8.42 Å². The molecule has 3 nitrogen and oxygen atoms in total. The van der Waals surface area contributed by atoms with E-state index >= 15 is 0 Å². The van der Waals surface area contributed by atoms with Crippen molar-refractivity contribution in [3.05, 3.63) is 106 Å². The maximum Gasteiger partial charge on any atom is 0.215 e. The molecule has 0 amide bonds. The Kier molecular flexibility index (Phi) is 7.36. The molecule has 0 aliphatic heterocycles. The molecule has 3 aromatic rings. The Bertz CT molecular complexity index is 1020. The van der Waals surface area contributed by atoms with Crippen LogP contribution >= 0.6 is 23.2 Å². The largest absolute Gasteiger partial charge is 0.215 e. The average molecular weight is 448 g/mol. The van der Waals surface area contributed by atoms with Crippen molar-refractivity contribution < 1.29 is 8.42 Å². The Morgan fingerprint density at radius 2 is 1.31 bits per heavy atom. The van der Waals surface area contributed by atoms with E-state index in [0.717, 1.165) is 16.7 Å². The Morgan fingerprint density at radius 3 is 1.86 bits per heavy atom. The van der Waals surface area contributed by atoms with E-state index in [1.54, 1.807) is 0 Å². The van der Waals surface area contributed by atoms with Crippen LogP contribution in [0, 0.1) is 0 Å². The standard InChI is InChI=1S/C23H23Cl2NO2S/c1-17(19-7-11-21(24)12-8-19)23(20-9-13-22(25)14-10-20)15-26-29(27,28)16-18-5-3-2-4-6-18/h2-14,17,23,26H,15-16H2,1H3. The molecule has 1 N–H and O–H groups in total. The van der Waals surface area contributed by atoms with Crippen LogP contribution in [0.2, 0.25) is 10.0 Å². The second kappa shape index (κ2) is 9.77. The van der Waals surface area contributed by atoms with Gasteiger partial charge in [-0.1, -0.05) is 84.7 Å².